The predicted octanol–water partition coefficient (Wildman–Crippen LogP) is 9.43. The molecule has 0 saturated heterocycles. The van der Waals surface area contributed by atoms with Gasteiger partial charge in [-0.25, -0.2) is 0 Å². The monoisotopic (exact) mass is 504 g/mol. The summed E-state index contributed by atoms with van der Waals surface area (Å²) in [5.74, 6) is 0. The Hall–Kier alpha value is -4.04. The molecule has 4 aromatic rings. The summed E-state index contributed by atoms with van der Waals surface area (Å²) in [7, 11) is 8.28. The van der Waals surface area contributed by atoms with Crippen LogP contribution in [0.5, 0.6) is 0 Å². The highest BCUT2D eigenvalue weighted by Crippen LogP contribution is 2.29. The molecular weight excluding hydrogens is 460 g/mol. The van der Waals surface area contributed by atoms with Crippen molar-refractivity contribution in [3.8, 4) is 0 Å². The molecule has 0 aromatic heterocycles. The number of benzene rings is 4. The lowest BCUT2D eigenvalue weighted by molar-refractivity contribution is 1.13. The van der Waals surface area contributed by atoms with E-state index in [4.69, 9.17) is 0 Å². The zero-order chi connectivity index (χ0) is 27.9. The van der Waals surface area contributed by atoms with Crippen LogP contribution < -0.4 is 9.80 Å². The van der Waals surface area contributed by atoms with Crippen LogP contribution in [0.1, 0.15) is 49.9 Å². The van der Waals surface area contributed by atoms with Crippen LogP contribution in [-0.2, 0) is 0 Å². The van der Waals surface area contributed by atoms with Crippen molar-refractivity contribution < 1.29 is 0 Å². The highest BCUT2D eigenvalue weighted by molar-refractivity contribution is 5.86. The van der Waals surface area contributed by atoms with Crippen molar-refractivity contribution in [2.24, 2.45) is 0 Å². The van der Waals surface area contributed by atoms with Crippen LogP contribution in [0.3, 0.4) is 0 Å². The Morgan fingerprint density at radius 1 is 0.395 bits per heavy atom. The van der Waals surface area contributed by atoms with Crippen molar-refractivity contribution in [2.75, 3.05) is 38.0 Å². The van der Waals surface area contributed by atoms with Gasteiger partial charge < -0.3 is 9.80 Å². The molecule has 4 rings (SSSR count). The van der Waals surface area contributed by atoms with Crippen molar-refractivity contribution in [3.63, 3.8) is 0 Å². The predicted molar refractivity (Wildman–Crippen MR) is 171 cm³/mol. The fourth-order valence-electron chi connectivity index (χ4n) is 4.00. The highest BCUT2D eigenvalue weighted by atomic mass is 15.1. The molecule has 0 N–H and O–H groups in total. The largest absolute Gasteiger partial charge is 0.378 e. The summed E-state index contributed by atoms with van der Waals surface area (Å²) in [6.45, 7) is 8.00. The van der Waals surface area contributed by atoms with Crippen LogP contribution in [0.2, 0.25) is 0 Å². The minimum Gasteiger partial charge on any atom is -0.378 e. The van der Waals surface area contributed by atoms with Gasteiger partial charge in [-0.3, -0.25) is 0 Å². The molecule has 4 aromatic carbocycles. The molecule has 0 heterocycles. The van der Waals surface area contributed by atoms with Crippen LogP contribution in [-0.4, -0.2) is 28.2 Å². The first-order valence-corrected chi connectivity index (χ1v) is 13.6. The van der Waals surface area contributed by atoms with Gasteiger partial charge in [-0.2, -0.15) is 0 Å². The van der Waals surface area contributed by atoms with Crippen molar-refractivity contribution in [3.05, 3.63) is 144 Å². The molecular formula is C36H44N2. The topological polar surface area (TPSA) is 6.48 Å². The maximum Gasteiger partial charge on any atom is 0.0361 e. The Balaban J connectivity index is 0.00000121. The molecule has 38 heavy (non-hydrogen) atoms. The molecule has 198 valence electrons. The SMILES string of the molecule is CC.CC.CN(C)c1ccc(C(=CC=C(c2ccccc2)c2ccccc2)c2ccc(N(C)C)cc2)cc1. The zero-order valence-electron chi connectivity index (χ0n) is 24.4. The first-order chi connectivity index (χ1) is 18.5. The fourth-order valence-corrected chi connectivity index (χ4v) is 4.00. The molecule has 0 saturated carbocycles. The van der Waals surface area contributed by atoms with Crippen LogP contribution in [0.25, 0.3) is 11.1 Å². The average Bonchev–Trinajstić information content (AvgIpc) is 2.98. The molecule has 0 aliphatic heterocycles. The fraction of sp³-hybridized carbons (Fsp3) is 0.222. The normalized spacial score (nSPS) is 9.58. The van der Waals surface area contributed by atoms with Gasteiger partial charge in [-0.1, -0.05) is 125 Å². The van der Waals surface area contributed by atoms with Gasteiger partial charge in [0.15, 0.2) is 0 Å². The first-order valence-electron chi connectivity index (χ1n) is 13.6. The van der Waals surface area contributed by atoms with Crippen LogP contribution in [0.15, 0.2) is 121 Å². The molecule has 0 aliphatic carbocycles. The van der Waals surface area contributed by atoms with Gasteiger partial charge in [-0.15, -0.1) is 0 Å². The maximum absolute atomic E-state index is 2.25. The van der Waals surface area contributed by atoms with Gasteiger partial charge >= 0.3 is 0 Å². The molecule has 0 fully saturated rings. The molecule has 0 bridgehead atoms. The van der Waals surface area contributed by atoms with Crippen molar-refractivity contribution in [1.82, 2.24) is 0 Å². The average molecular weight is 505 g/mol. The third-order valence-electron chi connectivity index (χ3n) is 5.98. The van der Waals surface area contributed by atoms with Crippen molar-refractivity contribution in [1.29, 1.82) is 0 Å². The molecule has 0 aliphatic rings. The molecule has 0 atom stereocenters. The molecule has 0 unspecified atom stereocenters. The lowest BCUT2D eigenvalue weighted by Gasteiger charge is -2.16. The zero-order valence-corrected chi connectivity index (χ0v) is 24.4. The van der Waals surface area contributed by atoms with Gasteiger partial charge in [-0.05, 0) is 57.7 Å². The molecule has 2 heteroatoms. The lowest BCUT2D eigenvalue weighted by Crippen LogP contribution is -2.08. The number of hydrogen-bond donors (Lipinski definition) is 0. The Labute approximate surface area is 231 Å². The summed E-state index contributed by atoms with van der Waals surface area (Å²) in [5.41, 5.74) is 9.57. The second-order valence-electron chi connectivity index (χ2n) is 8.78. The Morgan fingerprint density at radius 2 is 0.658 bits per heavy atom. The van der Waals surface area contributed by atoms with E-state index >= 15 is 0 Å². The van der Waals surface area contributed by atoms with Gasteiger partial charge in [0.2, 0.25) is 0 Å². The third kappa shape index (κ3) is 8.24. The van der Waals surface area contributed by atoms with Crippen molar-refractivity contribution in [2.45, 2.75) is 27.7 Å². The van der Waals surface area contributed by atoms with E-state index in [0.29, 0.717) is 0 Å². The second-order valence-corrected chi connectivity index (χ2v) is 8.78. The summed E-state index contributed by atoms with van der Waals surface area (Å²) in [6, 6.07) is 38.7. The van der Waals surface area contributed by atoms with Gasteiger partial charge in [0, 0.05) is 39.6 Å². The van der Waals surface area contributed by atoms with E-state index in [0.717, 1.165) is 0 Å². The molecule has 0 amide bonds. The van der Waals surface area contributed by atoms with Crippen LogP contribution in [0.4, 0.5) is 11.4 Å². The summed E-state index contributed by atoms with van der Waals surface area (Å²) in [5, 5.41) is 0. The summed E-state index contributed by atoms with van der Waals surface area (Å²) in [6.07, 6.45) is 4.50. The minimum atomic E-state index is 1.19. The molecule has 2 nitrogen and oxygen atoms in total. The quantitative estimate of drug-likeness (QED) is 0.231. The molecule has 0 radical (unpaired) electrons. The number of nitrogens with zero attached hydrogens (tertiary/aromatic N) is 2. The Bertz CT molecular complexity index is 1150. The minimum absolute atomic E-state index is 1.19. The van der Waals surface area contributed by atoms with Gasteiger partial charge in [0.1, 0.15) is 0 Å². The van der Waals surface area contributed by atoms with E-state index in [1.165, 1.54) is 44.8 Å². The maximum atomic E-state index is 2.25. The van der Waals surface area contributed by atoms with Crippen LogP contribution in [0, 0.1) is 0 Å². The van der Waals surface area contributed by atoms with E-state index in [1.54, 1.807) is 0 Å². The first kappa shape index (κ1) is 30.2. The number of anilines is 2. The second kappa shape index (κ2) is 15.9. The summed E-state index contributed by atoms with van der Waals surface area (Å²) in [4.78, 5) is 4.25. The Kier molecular flexibility index (Phi) is 12.7. The number of rotatable bonds is 7. The van der Waals surface area contributed by atoms with Gasteiger partial charge in [0.25, 0.3) is 0 Å². The third-order valence-corrected chi connectivity index (χ3v) is 5.98. The van der Waals surface area contributed by atoms with E-state index in [-0.39, 0.29) is 0 Å². The van der Waals surface area contributed by atoms with Crippen molar-refractivity contribution >= 4 is 22.5 Å². The highest BCUT2D eigenvalue weighted by Gasteiger charge is 2.08. The number of hydrogen-bond acceptors (Lipinski definition) is 2. The van der Waals surface area contributed by atoms with Crippen LogP contribution >= 0.6 is 0 Å². The Morgan fingerprint density at radius 3 is 0.921 bits per heavy atom. The summed E-state index contributed by atoms with van der Waals surface area (Å²) < 4.78 is 0. The number of allylic oxidation sites excluding steroid dienone is 2. The lowest BCUT2D eigenvalue weighted by atomic mass is 9.93. The van der Waals surface area contributed by atoms with E-state index in [9.17, 15) is 0 Å². The van der Waals surface area contributed by atoms with Gasteiger partial charge in [0.05, 0.1) is 0 Å². The van der Waals surface area contributed by atoms with E-state index in [1.807, 2.05) is 27.7 Å². The van der Waals surface area contributed by atoms with E-state index < -0.39 is 0 Å². The smallest absolute Gasteiger partial charge is 0.0361 e. The standard InChI is InChI=1S/C32H32N2.2C2H6/c1-33(2)29-19-15-27(16-20-29)32(28-17-21-30(22-18-28)34(3)4)24-23-31(25-11-7-5-8-12-25)26-13-9-6-10-14-26;2*1-2/h5-24H,1-4H3;2*1-2H3. The van der Waals surface area contributed by atoms with E-state index in [2.05, 4.69) is 159 Å². The summed E-state index contributed by atoms with van der Waals surface area (Å²) >= 11 is 0. The molecule has 0 spiro atoms.